The molecular formula is C21H15BrCl2N2O3. The number of nitrogens with one attached hydrogen (secondary N) is 1. The summed E-state index contributed by atoms with van der Waals surface area (Å²) in [5.74, 6) is 2.69. The maximum absolute atomic E-state index is 12.5. The Kier molecular flexibility index (Phi) is 8.42. The number of hydrogen-bond acceptors (Lipinski definition) is 4. The SMILES string of the molecule is C#CCOc1cc(Br)c(/C=C(\C#N)C(=O)Nc2ccc(Cl)c(Cl)c2)cc1OCC. The zero-order chi connectivity index (χ0) is 21.4. The second kappa shape index (κ2) is 10.8. The van der Waals surface area contributed by atoms with Gasteiger partial charge in [-0.05, 0) is 48.9 Å². The number of nitriles is 1. The minimum absolute atomic E-state index is 0.0806. The van der Waals surface area contributed by atoms with Crippen LogP contribution in [0.5, 0.6) is 11.5 Å². The fourth-order valence-electron chi connectivity index (χ4n) is 2.24. The number of anilines is 1. The third-order valence-corrected chi connectivity index (χ3v) is 4.94. The molecule has 0 fully saturated rings. The van der Waals surface area contributed by atoms with Gasteiger partial charge in [0.2, 0.25) is 0 Å². The molecule has 0 spiro atoms. The Hall–Kier alpha value is -2.64. The first-order valence-electron chi connectivity index (χ1n) is 8.30. The van der Waals surface area contributed by atoms with Gasteiger partial charge < -0.3 is 14.8 Å². The van der Waals surface area contributed by atoms with Crippen molar-refractivity contribution in [3.8, 4) is 29.9 Å². The van der Waals surface area contributed by atoms with E-state index in [1.165, 1.54) is 12.1 Å². The summed E-state index contributed by atoms with van der Waals surface area (Å²) in [4.78, 5) is 12.5. The lowest BCUT2D eigenvalue weighted by atomic mass is 10.1. The molecule has 0 unspecified atom stereocenters. The first-order chi connectivity index (χ1) is 13.9. The molecule has 2 aromatic rings. The van der Waals surface area contributed by atoms with E-state index < -0.39 is 5.91 Å². The quantitative estimate of drug-likeness (QED) is 0.304. The molecule has 0 aliphatic carbocycles. The maximum atomic E-state index is 12.5. The van der Waals surface area contributed by atoms with Crippen LogP contribution in [-0.2, 0) is 4.79 Å². The fraction of sp³-hybridized carbons (Fsp3) is 0.143. The Morgan fingerprint density at radius 1 is 1.24 bits per heavy atom. The maximum Gasteiger partial charge on any atom is 0.266 e. The first-order valence-corrected chi connectivity index (χ1v) is 9.85. The Bertz CT molecular complexity index is 1040. The van der Waals surface area contributed by atoms with Crippen LogP contribution >= 0.6 is 39.1 Å². The summed E-state index contributed by atoms with van der Waals surface area (Å²) in [5, 5.41) is 12.7. The van der Waals surface area contributed by atoms with Crippen molar-refractivity contribution >= 4 is 56.8 Å². The van der Waals surface area contributed by atoms with Crippen molar-refractivity contribution in [3.05, 3.63) is 56.0 Å². The van der Waals surface area contributed by atoms with Crippen molar-refractivity contribution in [3.63, 3.8) is 0 Å². The highest BCUT2D eigenvalue weighted by Gasteiger charge is 2.14. The topological polar surface area (TPSA) is 71.3 Å². The average Bonchev–Trinajstić information content (AvgIpc) is 2.69. The first kappa shape index (κ1) is 22.6. The van der Waals surface area contributed by atoms with Gasteiger partial charge in [-0.3, -0.25) is 4.79 Å². The molecule has 0 aromatic heterocycles. The normalized spacial score (nSPS) is 10.6. The number of terminal acetylenes is 1. The van der Waals surface area contributed by atoms with Crippen LogP contribution in [0.4, 0.5) is 5.69 Å². The van der Waals surface area contributed by atoms with E-state index in [1.807, 2.05) is 13.0 Å². The van der Waals surface area contributed by atoms with E-state index in [-0.39, 0.29) is 12.2 Å². The van der Waals surface area contributed by atoms with Crippen LogP contribution in [0.2, 0.25) is 10.0 Å². The molecule has 0 aliphatic rings. The van der Waals surface area contributed by atoms with Gasteiger partial charge in [0.05, 0.1) is 16.7 Å². The average molecular weight is 494 g/mol. The lowest BCUT2D eigenvalue weighted by Crippen LogP contribution is -2.13. The number of carbonyl (C=O) groups is 1. The molecule has 0 saturated carbocycles. The van der Waals surface area contributed by atoms with Gasteiger partial charge in [0.1, 0.15) is 18.2 Å². The predicted octanol–water partition coefficient (Wildman–Crippen LogP) is 5.71. The van der Waals surface area contributed by atoms with Crippen LogP contribution in [0.25, 0.3) is 6.08 Å². The number of ether oxygens (including phenoxy) is 2. The van der Waals surface area contributed by atoms with Gasteiger partial charge in [-0.25, -0.2) is 0 Å². The monoisotopic (exact) mass is 492 g/mol. The van der Waals surface area contributed by atoms with Crippen LogP contribution in [0.15, 0.2) is 40.4 Å². The van der Waals surface area contributed by atoms with Gasteiger partial charge in [-0.15, -0.1) is 6.42 Å². The largest absolute Gasteiger partial charge is 0.490 e. The molecule has 5 nitrogen and oxygen atoms in total. The molecule has 0 bridgehead atoms. The molecule has 0 atom stereocenters. The minimum Gasteiger partial charge on any atom is -0.490 e. The Balaban J connectivity index is 2.34. The lowest BCUT2D eigenvalue weighted by Gasteiger charge is -2.13. The van der Waals surface area contributed by atoms with E-state index in [1.54, 1.807) is 24.3 Å². The third kappa shape index (κ3) is 6.17. The van der Waals surface area contributed by atoms with E-state index in [0.717, 1.165) is 0 Å². The number of carbonyl (C=O) groups excluding carboxylic acids is 1. The summed E-state index contributed by atoms with van der Waals surface area (Å²) in [5.41, 5.74) is 0.858. The van der Waals surface area contributed by atoms with Gasteiger partial charge in [0.25, 0.3) is 5.91 Å². The summed E-state index contributed by atoms with van der Waals surface area (Å²) >= 11 is 15.2. The number of nitrogens with zero attached hydrogens (tertiary/aromatic N) is 1. The van der Waals surface area contributed by atoms with Gasteiger partial charge in [0, 0.05) is 10.2 Å². The smallest absolute Gasteiger partial charge is 0.266 e. The Labute approximate surface area is 187 Å². The van der Waals surface area contributed by atoms with E-state index >= 15 is 0 Å². The molecule has 148 valence electrons. The molecule has 2 rings (SSSR count). The third-order valence-electron chi connectivity index (χ3n) is 3.52. The van der Waals surface area contributed by atoms with Crippen LogP contribution < -0.4 is 14.8 Å². The van der Waals surface area contributed by atoms with Crippen LogP contribution in [0.1, 0.15) is 12.5 Å². The fourth-order valence-corrected chi connectivity index (χ4v) is 2.97. The molecule has 29 heavy (non-hydrogen) atoms. The summed E-state index contributed by atoms with van der Waals surface area (Å²) in [7, 11) is 0. The van der Waals surface area contributed by atoms with Crippen molar-refractivity contribution in [1.82, 2.24) is 0 Å². The number of rotatable bonds is 7. The molecule has 0 heterocycles. The molecule has 0 saturated heterocycles. The van der Waals surface area contributed by atoms with Crippen LogP contribution in [0, 0.1) is 23.7 Å². The molecule has 1 amide bonds. The number of hydrogen-bond donors (Lipinski definition) is 1. The molecule has 8 heteroatoms. The van der Waals surface area contributed by atoms with E-state index in [2.05, 4.69) is 27.2 Å². The van der Waals surface area contributed by atoms with E-state index in [0.29, 0.717) is 43.9 Å². The van der Waals surface area contributed by atoms with Crippen molar-refractivity contribution in [2.24, 2.45) is 0 Å². The highest BCUT2D eigenvalue weighted by Crippen LogP contribution is 2.35. The van der Waals surface area contributed by atoms with Gasteiger partial charge in [-0.2, -0.15) is 5.26 Å². The zero-order valence-electron chi connectivity index (χ0n) is 15.3. The van der Waals surface area contributed by atoms with Crippen molar-refractivity contribution in [2.45, 2.75) is 6.92 Å². The standard InChI is InChI=1S/C21H15BrCl2N2O3/c1-3-7-29-20-11-16(22)13(9-19(20)28-4-2)8-14(12-25)21(27)26-15-5-6-17(23)18(24)10-15/h1,5-6,8-11H,4,7H2,2H3,(H,26,27)/b14-8+. The second-order valence-corrected chi connectivity index (χ2v) is 7.17. The Morgan fingerprint density at radius 2 is 1.97 bits per heavy atom. The van der Waals surface area contributed by atoms with Crippen molar-refractivity contribution in [1.29, 1.82) is 5.26 Å². The van der Waals surface area contributed by atoms with Gasteiger partial charge in [-0.1, -0.05) is 45.1 Å². The highest BCUT2D eigenvalue weighted by atomic mass is 79.9. The zero-order valence-corrected chi connectivity index (χ0v) is 18.4. The van der Waals surface area contributed by atoms with Crippen molar-refractivity contribution in [2.75, 3.05) is 18.5 Å². The summed E-state index contributed by atoms with van der Waals surface area (Å²) in [6.07, 6.45) is 6.67. The summed E-state index contributed by atoms with van der Waals surface area (Å²) in [6, 6.07) is 9.85. The summed E-state index contributed by atoms with van der Waals surface area (Å²) < 4.78 is 11.6. The van der Waals surface area contributed by atoms with Crippen LogP contribution in [0.3, 0.4) is 0 Å². The molecular weight excluding hydrogens is 479 g/mol. The van der Waals surface area contributed by atoms with Gasteiger partial charge >= 0.3 is 0 Å². The van der Waals surface area contributed by atoms with E-state index in [9.17, 15) is 10.1 Å². The highest BCUT2D eigenvalue weighted by molar-refractivity contribution is 9.10. The van der Waals surface area contributed by atoms with Crippen LogP contribution in [-0.4, -0.2) is 19.1 Å². The number of amides is 1. The molecule has 0 radical (unpaired) electrons. The Morgan fingerprint density at radius 3 is 2.59 bits per heavy atom. The summed E-state index contributed by atoms with van der Waals surface area (Å²) in [6.45, 7) is 2.31. The molecule has 0 aliphatic heterocycles. The lowest BCUT2D eigenvalue weighted by molar-refractivity contribution is -0.112. The predicted molar refractivity (Wildman–Crippen MR) is 118 cm³/mol. The van der Waals surface area contributed by atoms with Gasteiger partial charge in [0.15, 0.2) is 11.5 Å². The van der Waals surface area contributed by atoms with E-state index in [4.69, 9.17) is 39.1 Å². The molecule has 2 aromatic carbocycles. The van der Waals surface area contributed by atoms with Crippen molar-refractivity contribution < 1.29 is 14.3 Å². The minimum atomic E-state index is -0.594. The number of benzene rings is 2. The number of halogens is 3. The molecule has 1 N–H and O–H groups in total. The second-order valence-electron chi connectivity index (χ2n) is 5.50.